The average molecular weight is 1600 g/mol. The molecule has 0 saturated carbocycles. The Bertz CT molecular complexity index is 4520. The van der Waals surface area contributed by atoms with E-state index in [-0.39, 0.29) is 65.2 Å². The summed E-state index contributed by atoms with van der Waals surface area (Å²) >= 11 is 9.20. The number of β-amino-alcohol motifs (C(OH)–C–C–N with tert-alkyl or cyclic N) is 1. The Morgan fingerprint density at radius 3 is 2.06 bits per heavy atom. The number of alkyl halides is 3. The Hall–Kier alpha value is -7.37. The molecule has 5 heterocycles. The summed E-state index contributed by atoms with van der Waals surface area (Å²) in [6, 6.07) is 31.0. The van der Waals surface area contributed by atoms with Gasteiger partial charge in [0.05, 0.1) is 38.8 Å². The van der Waals surface area contributed by atoms with E-state index in [1.807, 2.05) is 111 Å². The summed E-state index contributed by atoms with van der Waals surface area (Å²) in [5.41, 5.74) is 1.88. The molecule has 5 amide bonds. The SMILES string of the molecule is Cc1ncsc1-c1ccc([C@H](C)NC(=O)C2CC(O)CN2C(=O)[C@@H](NC(=O)CCCCCC(=O)N2CC3(C)CN(CC[C@H](CSc4ccccc4)Nc4ccc(S(=O)(=O)NC(=O)c5ccc(N6CCN(CC7=C(c8ccc(Cl)cc8)CCC(C)(C)C7)CC6)cc5)cc4S(=O)(=O)C(F)(F)F)CC3(C)C2)C(C)(C)C)cc1. The maximum atomic E-state index is 14.7. The number of amides is 5. The number of aryl methyl sites for hydroxylation is 1. The van der Waals surface area contributed by atoms with Crippen LogP contribution in [0.5, 0.6) is 0 Å². The molecular formula is C81H102ClF3N10O10S4. The molecule has 5 aliphatic rings. The van der Waals surface area contributed by atoms with Gasteiger partial charge in [-0.25, -0.2) is 26.5 Å². The minimum Gasteiger partial charge on any atom is -0.391 e. The van der Waals surface area contributed by atoms with Crippen LogP contribution in [0.4, 0.5) is 24.5 Å². The number of sulfonamides is 1. The van der Waals surface area contributed by atoms with E-state index >= 15 is 0 Å². The zero-order valence-electron chi connectivity index (χ0n) is 63.5. The maximum absolute atomic E-state index is 14.7. The topological polar surface area (TPSA) is 251 Å². The molecule has 0 spiro atoms. The molecule has 588 valence electrons. The Morgan fingerprint density at radius 1 is 0.780 bits per heavy atom. The number of halogens is 4. The minimum atomic E-state index is -6.19. The lowest BCUT2D eigenvalue weighted by atomic mass is 9.71. The van der Waals surface area contributed by atoms with Gasteiger partial charge >= 0.3 is 5.51 Å². The molecule has 5 aromatic carbocycles. The van der Waals surface area contributed by atoms with E-state index in [1.54, 1.807) is 29.0 Å². The third kappa shape index (κ3) is 19.9. The lowest BCUT2D eigenvalue weighted by Gasteiger charge is -2.39. The number of aromatic nitrogens is 1. The number of allylic oxidation sites excluding steroid dienone is 1. The highest BCUT2D eigenvalue weighted by Gasteiger charge is 2.58. The summed E-state index contributed by atoms with van der Waals surface area (Å²) < 4.78 is 101. The van der Waals surface area contributed by atoms with Crippen molar-refractivity contribution in [2.75, 3.05) is 88.0 Å². The molecule has 20 nitrogen and oxygen atoms in total. The fraction of sp³-hybridized carbons (Fsp3) is 0.506. The number of aliphatic hydroxyl groups is 1. The number of piperazine rings is 1. The highest BCUT2D eigenvalue weighted by atomic mass is 35.5. The normalized spacial score (nSPS) is 21.6. The predicted molar refractivity (Wildman–Crippen MR) is 423 cm³/mol. The van der Waals surface area contributed by atoms with Crippen molar-refractivity contribution in [3.63, 3.8) is 0 Å². The van der Waals surface area contributed by atoms with Gasteiger partial charge < -0.3 is 40.7 Å². The third-order valence-electron chi connectivity index (χ3n) is 22.5. The molecule has 1 aliphatic carbocycles. The van der Waals surface area contributed by atoms with Crippen LogP contribution in [0.2, 0.25) is 5.02 Å². The number of hydrogen-bond donors (Lipinski definition) is 5. The lowest BCUT2D eigenvalue weighted by Crippen LogP contribution is -2.57. The van der Waals surface area contributed by atoms with Gasteiger partial charge in [0, 0.05) is 135 Å². The standard InChI is InChI=1S/C81H102ClF3N10O10S4/c1-53(55-20-22-57(23-21-55)72-54(2)86-52-107-72)87-75(100)68-42-63(96)46-95(68)76(101)73(77(3,4)5)89-70(97)18-14-11-15-19-71(98)94-50-79(8)48-92(49-80(79,9)51-94)37-35-61(47-106-64-16-12-10-13-17-64)88-67-33-32-65(43-69(67)108(102,103)81(83,84)85)109(104,105)90-74(99)58-26-30-62(31-27-58)93-40-38-91(39-41-93)45-59-44-78(6,7)36-34-66(59)56-24-28-60(82)29-25-56/h10,12-13,16-17,20-33,43,52-53,61,63,68,73,88,96H,11,14-15,18-19,34-42,44-51H2,1-9H3,(H,87,100)(H,89,97)(H,90,99)/t53-,61+,63?,68?,73+,79?,80?/m0/s1. The average Bonchev–Trinajstić information content (AvgIpc) is 1.58. The molecule has 109 heavy (non-hydrogen) atoms. The van der Waals surface area contributed by atoms with Gasteiger partial charge in [-0.15, -0.1) is 23.1 Å². The fourth-order valence-corrected chi connectivity index (χ4v) is 19.9. The second-order valence-electron chi connectivity index (χ2n) is 32.6. The first-order valence-electron chi connectivity index (χ1n) is 37.5. The first-order chi connectivity index (χ1) is 51.4. The fourth-order valence-electron chi connectivity index (χ4n) is 16.0. The number of carbonyl (C=O) groups excluding carboxylic acids is 5. The number of likely N-dealkylation sites (tertiary alicyclic amines) is 3. The van der Waals surface area contributed by atoms with E-state index in [0.717, 1.165) is 83.3 Å². The maximum Gasteiger partial charge on any atom is 0.501 e. The van der Waals surface area contributed by atoms with Gasteiger partial charge in [0.25, 0.3) is 25.8 Å². The first-order valence-corrected chi connectivity index (χ1v) is 42.7. The van der Waals surface area contributed by atoms with Gasteiger partial charge in [-0.2, -0.15) is 13.2 Å². The number of anilines is 2. The van der Waals surface area contributed by atoms with Gasteiger partial charge in [-0.1, -0.05) is 127 Å². The molecule has 4 unspecified atom stereocenters. The van der Waals surface area contributed by atoms with E-state index in [9.17, 15) is 59.1 Å². The number of thiazole rings is 1. The van der Waals surface area contributed by atoms with Gasteiger partial charge in [0.15, 0.2) is 0 Å². The van der Waals surface area contributed by atoms with Crippen molar-refractivity contribution in [2.24, 2.45) is 21.7 Å². The molecule has 4 saturated heterocycles. The van der Waals surface area contributed by atoms with E-state index in [4.69, 9.17) is 11.6 Å². The number of fused-ring (bicyclic) bond motifs is 1. The van der Waals surface area contributed by atoms with Crippen molar-refractivity contribution in [3.05, 3.63) is 160 Å². The van der Waals surface area contributed by atoms with E-state index in [2.05, 4.69) is 75.5 Å². The van der Waals surface area contributed by atoms with Gasteiger partial charge in [-0.05, 0) is 152 Å². The number of rotatable bonds is 28. The van der Waals surface area contributed by atoms with Crippen LogP contribution in [0.25, 0.3) is 16.0 Å². The largest absolute Gasteiger partial charge is 0.501 e. The second kappa shape index (κ2) is 33.9. The number of aliphatic hydroxyl groups excluding tert-OH is 1. The first kappa shape index (κ1) is 82.6. The Morgan fingerprint density at radius 2 is 1.43 bits per heavy atom. The Labute approximate surface area is 652 Å². The van der Waals surface area contributed by atoms with Crippen molar-refractivity contribution in [1.82, 2.24) is 39.9 Å². The number of carbonyl (C=O) groups is 5. The molecule has 7 atom stereocenters. The van der Waals surface area contributed by atoms with Gasteiger partial charge in [0.2, 0.25) is 23.6 Å². The molecule has 0 radical (unpaired) electrons. The molecule has 4 aliphatic heterocycles. The van der Waals surface area contributed by atoms with E-state index < -0.39 is 94.3 Å². The highest BCUT2D eigenvalue weighted by Crippen LogP contribution is 2.52. The molecule has 11 rings (SSSR count). The third-order valence-corrected chi connectivity index (χ3v) is 27.7. The van der Waals surface area contributed by atoms with Crippen LogP contribution in [0.1, 0.15) is 153 Å². The number of sulfone groups is 1. The number of hydrogen-bond acceptors (Lipinski definition) is 17. The summed E-state index contributed by atoms with van der Waals surface area (Å²) in [6.45, 7) is 24.6. The zero-order valence-corrected chi connectivity index (χ0v) is 67.5. The predicted octanol–water partition coefficient (Wildman–Crippen LogP) is 13.4. The van der Waals surface area contributed by atoms with Crippen molar-refractivity contribution in [1.29, 1.82) is 0 Å². The van der Waals surface area contributed by atoms with Crippen LogP contribution < -0.4 is 25.6 Å². The van der Waals surface area contributed by atoms with Crippen molar-refractivity contribution in [2.45, 2.75) is 177 Å². The van der Waals surface area contributed by atoms with E-state index in [1.165, 1.54) is 45.5 Å². The molecule has 4 fully saturated rings. The van der Waals surface area contributed by atoms with Crippen LogP contribution in [-0.4, -0.2) is 184 Å². The van der Waals surface area contributed by atoms with Crippen LogP contribution in [-0.2, 0) is 39.0 Å². The van der Waals surface area contributed by atoms with Crippen LogP contribution in [0.15, 0.2) is 147 Å². The Kier molecular flexibility index (Phi) is 25.7. The molecule has 1 aromatic heterocycles. The number of unbranched alkanes of at least 4 members (excludes halogenated alkanes) is 2. The zero-order chi connectivity index (χ0) is 78.6. The number of nitrogens with one attached hydrogen (secondary N) is 4. The molecule has 6 aromatic rings. The molecule has 28 heteroatoms. The summed E-state index contributed by atoms with van der Waals surface area (Å²) in [4.78, 5) is 83.6. The summed E-state index contributed by atoms with van der Waals surface area (Å²) in [5, 5.41) is 20.5. The van der Waals surface area contributed by atoms with Crippen molar-refractivity contribution >= 4 is 101 Å². The van der Waals surface area contributed by atoms with Gasteiger partial charge in [-0.3, -0.25) is 28.9 Å². The van der Waals surface area contributed by atoms with Crippen LogP contribution in [0.3, 0.4) is 0 Å². The second-order valence-corrected chi connectivity index (χ2v) is 38.5. The summed E-state index contributed by atoms with van der Waals surface area (Å²) in [6.07, 6.45) is 4.46. The number of nitrogens with zero attached hydrogens (tertiary/aromatic N) is 6. The highest BCUT2D eigenvalue weighted by molar-refractivity contribution is 7.99. The molecule has 5 N–H and O–H groups in total. The smallest absolute Gasteiger partial charge is 0.391 e. The number of benzene rings is 5. The number of thioether (sulfide) groups is 1. The minimum absolute atomic E-state index is 0.0105. The summed E-state index contributed by atoms with van der Waals surface area (Å²) in [5.74, 6) is -2.01. The van der Waals surface area contributed by atoms with E-state index in [0.29, 0.717) is 82.6 Å². The quantitative estimate of drug-likeness (QED) is 0.0226. The van der Waals surface area contributed by atoms with Crippen LogP contribution in [0, 0.1) is 28.6 Å². The monoisotopic (exact) mass is 1590 g/mol. The summed E-state index contributed by atoms with van der Waals surface area (Å²) in [7, 11) is -11.1. The molecule has 0 bridgehead atoms. The van der Waals surface area contributed by atoms with Crippen LogP contribution >= 0.6 is 34.7 Å². The van der Waals surface area contributed by atoms with Gasteiger partial charge in [0.1, 0.15) is 17.0 Å². The Balaban J connectivity index is 0.659. The van der Waals surface area contributed by atoms with Crippen molar-refractivity contribution in [3.8, 4) is 10.4 Å². The molecular weight excluding hydrogens is 1490 g/mol. The van der Waals surface area contributed by atoms with Crippen molar-refractivity contribution < 1.29 is 59.1 Å². The lowest BCUT2D eigenvalue weighted by molar-refractivity contribution is -0.144.